The van der Waals surface area contributed by atoms with Crippen LogP contribution in [-0.4, -0.2) is 11.1 Å². The molecular formula is C9H7Br2ClO. The van der Waals surface area contributed by atoms with Gasteiger partial charge in [-0.2, -0.15) is 0 Å². The zero-order chi connectivity index (χ0) is 10.0. The van der Waals surface area contributed by atoms with E-state index in [0.717, 1.165) is 10.0 Å². The molecule has 1 aromatic rings. The van der Waals surface area contributed by atoms with E-state index in [9.17, 15) is 4.79 Å². The largest absolute Gasteiger partial charge is 0.293 e. The average Bonchev–Trinajstić information content (AvgIpc) is 2.12. The standard InChI is InChI=1S/C9H7Br2ClO/c1-5-7(12)3-2-6(11)9(5)8(13)4-10/h2-3H,4H2,1H3. The summed E-state index contributed by atoms with van der Waals surface area (Å²) in [6.45, 7) is 1.84. The quantitative estimate of drug-likeness (QED) is 0.593. The van der Waals surface area contributed by atoms with Crippen LogP contribution in [0.1, 0.15) is 15.9 Å². The fourth-order valence-corrected chi connectivity index (χ4v) is 2.15. The van der Waals surface area contributed by atoms with Gasteiger partial charge in [0, 0.05) is 15.1 Å². The molecule has 1 nitrogen and oxygen atoms in total. The summed E-state index contributed by atoms with van der Waals surface area (Å²) in [5, 5.41) is 0.930. The van der Waals surface area contributed by atoms with E-state index in [-0.39, 0.29) is 5.78 Å². The van der Waals surface area contributed by atoms with Gasteiger partial charge >= 0.3 is 0 Å². The second-order valence-electron chi connectivity index (χ2n) is 2.59. The molecule has 0 saturated heterocycles. The lowest BCUT2D eigenvalue weighted by Gasteiger charge is -2.07. The molecule has 0 radical (unpaired) electrons. The predicted octanol–water partition coefficient (Wildman–Crippen LogP) is 3.99. The van der Waals surface area contributed by atoms with Gasteiger partial charge in [0.1, 0.15) is 0 Å². The summed E-state index contributed by atoms with van der Waals surface area (Å²) in [4.78, 5) is 11.5. The fraction of sp³-hybridized carbons (Fsp3) is 0.222. The van der Waals surface area contributed by atoms with Gasteiger partial charge < -0.3 is 0 Å². The maximum atomic E-state index is 11.5. The Morgan fingerprint density at radius 2 is 2.15 bits per heavy atom. The molecule has 0 aliphatic carbocycles. The molecule has 0 aliphatic heterocycles. The highest BCUT2D eigenvalue weighted by Crippen LogP contribution is 2.27. The summed E-state index contributed by atoms with van der Waals surface area (Å²) >= 11 is 12.4. The topological polar surface area (TPSA) is 17.1 Å². The number of carbonyl (C=O) groups excluding carboxylic acids is 1. The zero-order valence-electron chi connectivity index (χ0n) is 6.90. The van der Waals surface area contributed by atoms with Crippen molar-refractivity contribution in [3.8, 4) is 0 Å². The SMILES string of the molecule is Cc1c(Cl)ccc(Br)c1C(=O)CBr. The number of rotatable bonds is 2. The van der Waals surface area contributed by atoms with Crippen molar-refractivity contribution in [2.75, 3.05) is 5.33 Å². The van der Waals surface area contributed by atoms with Crippen LogP contribution in [0.4, 0.5) is 0 Å². The van der Waals surface area contributed by atoms with Crippen LogP contribution in [-0.2, 0) is 0 Å². The van der Waals surface area contributed by atoms with Crippen LogP contribution < -0.4 is 0 Å². The molecule has 0 saturated carbocycles. The summed E-state index contributed by atoms with van der Waals surface area (Å²) in [6, 6.07) is 3.55. The second kappa shape index (κ2) is 4.58. The molecule has 0 heterocycles. The van der Waals surface area contributed by atoms with Crippen molar-refractivity contribution < 1.29 is 4.79 Å². The molecule has 70 valence electrons. The first-order chi connectivity index (χ1) is 6.07. The average molecular weight is 326 g/mol. The Kier molecular flexibility index (Phi) is 3.95. The van der Waals surface area contributed by atoms with Gasteiger partial charge in [-0.3, -0.25) is 4.79 Å². The van der Waals surface area contributed by atoms with E-state index in [1.54, 1.807) is 12.1 Å². The molecule has 0 N–H and O–H groups in total. The molecular weight excluding hydrogens is 319 g/mol. The van der Waals surface area contributed by atoms with Crippen LogP contribution in [0.15, 0.2) is 16.6 Å². The lowest BCUT2D eigenvalue weighted by atomic mass is 10.1. The monoisotopic (exact) mass is 324 g/mol. The summed E-state index contributed by atoms with van der Waals surface area (Å²) < 4.78 is 0.791. The van der Waals surface area contributed by atoms with Crippen LogP contribution in [0.25, 0.3) is 0 Å². The van der Waals surface area contributed by atoms with E-state index in [1.807, 2.05) is 6.92 Å². The smallest absolute Gasteiger partial charge is 0.174 e. The van der Waals surface area contributed by atoms with E-state index >= 15 is 0 Å². The number of benzene rings is 1. The Bertz CT molecular complexity index is 350. The molecule has 0 unspecified atom stereocenters. The van der Waals surface area contributed by atoms with Gasteiger partial charge in [-0.05, 0) is 24.6 Å². The van der Waals surface area contributed by atoms with Crippen molar-refractivity contribution in [3.05, 3.63) is 32.8 Å². The van der Waals surface area contributed by atoms with Gasteiger partial charge in [0.05, 0.1) is 5.33 Å². The van der Waals surface area contributed by atoms with Gasteiger partial charge in [-0.1, -0.05) is 43.5 Å². The third-order valence-electron chi connectivity index (χ3n) is 1.75. The Labute approximate surface area is 98.7 Å². The van der Waals surface area contributed by atoms with Crippen LogP contribution in [0.3, 0.4) is 0 Å². The van der Waals surface area contributed by atoms with E-state index in [2.05, 4.69) is 31.9 Å². The van der Waals surface area contributed by atoms with E-state index in [0.29, 0.717) is 15.9 Å². The molecule has 0 atom stereocenters. The van der Waals surface area contributed by atoms with Crippen molar-refractivity contribution in [2.45, 2.75) is 6.92 Å². The van der Waals surface area contributed by atoms with Crippen molar-refractivity contribution in [1.82, 2.24) is 0 Å². The van der Waals surface area contributed by atoms with Crippen LogP contribution in [0.5, 0.6) is 0 Å². The molecule has 0 aromatic heterocycles. The highest BCUT2D eigenvalue weighted by molar-refractivity contribution is 9.10. The number of ketones is 1. The summed E-state index contributed by atoms with van der Waals surface area (Å²) in [6.07, 6.45) is 0. The lowest BCUT2D eigenvalue weighted by molar-refractivity contribution is 0.102. The number of Topliss-reactive ketones (excluding diaryl/α,β-unsaturated/α-hetero) is 1. The van der Waals surface area contributed by atoms with E-state index in [4.69, 9.17) is 11.6 Å². The zero-order valence-corrected chi connectivity index (χ0v) is 10.8. The van der Waals surface area contributed by atoms with Crippen LogP contribution in [0.2, 0.25) is 5.02 Å². The third-order valence-corrected chi connectivity index (χ3v) is 3.33. The lowest BCUT2D eigenvalue weighted by Crippen LogP contribution is -2.04. The minimum atomic E-state index is 0.0341. The Balaban J connectivity index is 3.33. The summed E-state index contributed by atoms with van der Waals surface area (Å²) in [7, 11) is 0. The first kappa shape index (κ1) is 11.2. The Hall–Kier alpha value is 0.140. The van der Waals surface area contributed by atoms with Gasteiger partial charge in [0.15, 0.2) is 5.78 Å². The van der Waals surface area contributed by atoms with Crippen LogP contribution >= 0.6 is 43.5 Å². The minimum Gasteiger partial charge on any atom is -0.293 e. The number of hydrogen-bond donors (Lipinski definition) is 0. The van der Waals surface area contributed by atoms with Crippen molar-refractivity contribution in [1.29, 1.82) is 0 Å². The molecule has 0 amide bonds. The van der Waals surface area contributed by atoms with E-state index < -0.39 is 0 Å². The first-order valence-corrected chi connectivity index (χ1v) is 5.91. The third kappa shape index (κ3) is 2.33. The highest BCUT2D eigenvalue weighted by Gasteiger charge is 2.13. The van der Waals surface area contributed by atoms with E-state index in [1.165, 1.54) is 0 Å². The molecule has 1 rings (SSSR count). The minimum absolute atomic E-state index is 0.0341. The maximum absolute atomic E-state index is 11.5. The fourth-order valence-electron chi connectivity index (χ4n) is 1.06. The Morgan fingerprint density at radius 1 is 1.54 bits per heavy atom. The summed E-state index contributed by atoms with van der Waals surface area (Å²) in [5.74, 6) is 0.0341. The molecule has 4 heteroatoms. The Morgan fingerprint density at radius 3 is 2.69 bits per heavy atom. The number of hydrogen-bond acceptors (Lipinski definition) is 1. The molecule has 13 heavy (non-hydrogen) atoms. The highest BCUT2D eigenvalue weighted by atomic mass is 79.9. The molecule has 0 bridgehead atoms. The molecule has 0 fully saturated rings. The number of halogens is 3. The van der Waals surface area contributed by atoms with Crippen molar-refractivity contribution in [2.24, 2.45) is 0 Å². The normalized spacial score (nSPS) is 10.2. The van der Waals surface area contributed by atoms with Gasteiger partial charge in [-0.15, -0.1) is 0 Å². The van der Waals surface area contributed by atoms with Crippen molar-refractivity contribution in [3.63, 3.8) is 0 Å². The number of alkyl halides is 1. The molecule has 0 aliphatic rings. The van der Waals surface area contributed by atoms with Gasteiger partial charge in [-0.25, -0.2) is 0 Å². The van der Waals surface area contributed by atoms with Gasteiger partial charge in [0.25, 0.3) is 0 Å². The van der Waals surface area contributed by atoms with Crippen molar-refractivity contribution >= 4 is 49.2 Å². The molecule has 0 spiro atoms. The second-order valence-corrected chi connectivity index (χ2v) is 4.41. The maximum Gasteiger partial charge on any atom is 0.174 e. The molecule has 1 aromatic carbocycles. The van der Waals surface area contributed by atoms with Crippen LogP contribution in [0, 0.1) is 6.92 Å². The predicted molar refractivity (Wildman–Crippen MR) is 62.0 cm³/mol. The first-order valence-electron chi connectivity index (χ1n) is 3.61. The van der Waals surface area contributed by atoms with Gasteiger partial charge in [0.2, 0.25) is 0 Å². The number of carbonyl (C=O) groups is 1. The summed E-state index contributed by atoms with van der Waals surface area (Å²) in [5.41, 5.74) is 1.48.